The van der Waals surface area contributed by atoms with Crippen LogP contribution in [0.1, 0.15) is 105 Å². The Bertz CT molecular complexity index is 1570. The Morgan fingerprint density at radius 3 is 1.42 bits per heavy atom. The van der Waals surface area contributed by atoms with E-state index in [2.05, 4.69) is 31.9 Å². The molecule has 4 rings (SSSR count). The number of carbonyl (C=O) groups is 7. The third-order valence-electron chi connectivity index (χ3n) is 11.4. The number of hydrogen-bond donors (Lipinski definition) is 6. The molecule has 3 fully saturated rings. The number of amides is 6. The molecule has 0 aromatic heterocycles. The maximum absolute atomic E-state index is 13.3. The first kappa shape index (κ1) is 45.0. The largest absolute Gasteiger partial charge is 0.459 e. The van der Waals surface area contributed by atoms with E-state index in [4.69, 9.17) is 9.47 Å². The Morgan fingerprint density at radius 2 is 1.00 bits per heavy atom. The van der Waals surface area contributed by atoms with Crippen molar-refractivity contribution in [2.24, 2.45) is 35.5 Å². The highest BCUT2D eigenvalue weighted by molar-refractivity contribution is 5.90. The summed E-state index contributed by atoms with van der Waals surface area (Å²) in [4.78, 5) is 90.3. The quantitative estimate of drug-likeness (QED) is 0.128. The van der Waals surface area contributed by atoms with Gasteiger partial charge in [0, 0.05) is 37.4 Å². The van der Waals surface area contributed by atoms with E-state index in [-0.39, 0.29) is 84.7 Å². The highest BCUT2D eigenvalue weighted by atomic mass is 16.6. The molecule has 6 amide bonds. The smallest absolute Gasteiger partial charge is 0.407 e. The minimum atomic E-state index is -0.818. The number of ether oxygens (including phenoxy) is 2. The molecule has 15 nitrogen and oxygen atoms in total. The van der Waals surface area contributed by atoms with Crippen molar-refractivity contribution < 1.29 is 43.0 Å². The van der Waals surface area contributed by atoms with Crippen molar-refractivity contribution in [1.29, 1.82) is 0 Å². The molecule has 1 aromatic carbocycles. The van der Waals surface area contributed by atoms with Gasteiger partial charge in [-0.25, -0.2) is 9.59 Å². The lowest BCUT2D eigenvalue weighted by Gasteiger charge is -2.25. The van der Waals surface area contributed by atoms with E-state index in [0.29, 0.717) is 25.8 Å². The summed E-state index contributed by atoms with van der Waals surface area (Å²) in [6.45, 7) is 11.1. The molecular weight excluding hydrogens is 732 g/mol. The van der Waals surface area contributed by atoms with Gasteiger partial charge in [0.05, 0.1) is 0 Å². The van der Waals surface area contributed by atoms with Gasteiger partial charge in [0.25, 0.3) is 0 Å². The fourth-order valence-electron chi connectivity index (χ4n) is 8.18. The van der Waals surface area contributed by atoms with Crippen molar-refractivity contribution in [3.63, 3.8) is 0 Å². The number of esters is 1. The summed E-state index contributed by atoms with van der Waals surface area (Å²) < 4.78 is 10.7. The van der Waals surface area contributed by atoms with Gasteiger partial charge in [0.2, 0.25) is 29.5 Å². The summed E-state index contributed by atoms with van der Waals surface area (Å²) in [5, 5.41) is 17.0. The van der Waals surface area contributed by atoms with E-state index in [1.807, 2.05) is 30.3 Å². The van der Waals surface area contributed by atoms with Crippen LogP contribution >= 0.6 is 0 Å². The summed E-state index contributed by atoms with van der Waals surface area (Å²) in [5.74, 6) is -3.32. The summed E-state index contributed by atoms with van der Waals surface area (Å²) in [6.07, 6.45) is 6.16. The van der Waals surface area contributed by atoms with Gasteiger partial charge in [0.1, 0.15) is 30.3 Å². The second kappa shape index (κ2) is 21.2. The predicted octanol–water partition coefficient (Wildman–Crippen LogP) is 3.25. The molecule has 0 spiro atoms. The summed E-state index contributed by atoms with van der Waals surface area (Å²) >= 11 is 0. The Labute approximate surface area is 336 Å². The number of rotatable bonds is 17. The molecule has 0 bridgehead atoms. The minimum Gasteiger partial charge on any atom is -0.459 e. The molecular formula is C42H64N6O9. The fourth-order valence-corrected chi connectivity index (χ4v) is 8.18. The summed E-state index contributed by atoms with van der Waals surface area (Å²) in [5.41, 5.74) is 0.231. The van der Waals surface area contributed by atoms with Gasteiger partial charge in [-0.1, -0.05) is 49.6 Å². The zero-order chi connectivity index (χ0) is 41.7. The standard InChI is InChI=1S/C42H64N6O9/c1-25(35(49)44-22-30-16-11-19-33(30)39(53)48-27(3)40(54)56-24-28-13-8-7-9-14-28)46-37(51)32-18-10-15-29(32)21-43-36(50)26(2)47-38(52)34-20-12-17-31(34)23-45-41(55)57-42(4,5)6/h7-9,13-14,25-27,29-34H,10-12,15-24H2,1-6H3,(H,43,50)(H,44,49)(H,45,55)(H,46,51)(H,47,52)(H,48,53)/t25-,26-,27-,29+,30+,31+,32-,33-,34-/m1/s1. The maximum atomic E-state index is 13.3. The van der Waals surface area contributed by atoms with Crippen LogP contribution < -0.4 is 31.9 Å². The van der Waals surface area contributed by atoms with Gasteiger partial charge in [-0.2, -0.15) is 0 Å². The van der Waals surface area contributed by atoms with Crippen molar-refractivity contribution in [3.8, 4) is 0 Å². The third kappa shape index (κ3) is 14.0. The van der Waals surface area contributed by atoms with Crippen molar-refractivity contribution in [2.75, 3.05) is 19.6 Å². The molecule has 316 valence electrons. The van der Waals surface area contributed by atoms with Crippen LogP contribution in [0.25, 0.3) is 0 Å². The molecule has 9 atom stereocenters. The average molecular weight is 797 g/mol. The van der Waals surface area contributed by atoms with Crippen LogP contribution in [-0.2, 0) is 44.8 Å². The Hall–Kier alpha value is -4.69. The van der Waals surface area contributed by atoms with Gasteiger partial charge in [0.15, 0.2) is 0 Å². The van der Waals surface area contributed by atoms with E-state index in [9.17, 15) is 33.6 Å². The molecule has 0 aliphatic heterocycles. The van der Waals surface area contributed by atoms with Crippen LogP contribution in [0.2, 0.25) is 0 Å². The summed E-state index contributed by atoms with van der Waals surface area (Å²) in [6, 6.07) is 6.88. The van der Waals surface area contributed by atoms with Crippen molar-refractivity contribution in [2.45, 2.75) is 130 Å². The van der Waals surface area contributed by atoms with E-state index in [1.165, 1.54) is 0 Å². The van der Waals surface area contributed by atoms with Gasteiger partial charge < -0.3 is 41.4 Å². The lowest BCUT2D eigenvalue weighted by molar-refractivity contribution is -0.149. The highest BCUT2D eigenvalue weighted by Crippen LogP contribution is 2.33. The molecule has 3 saturated carbocycles. The molecule has 15 heteroatoms. The molecule has 57 heavy (non-hydrogen) atoms. The Morgan fingerprint density at radius 1 is 0.596 bits per heavy atom. The molecule has 0 saturated heterocycles. The fraction of sp³-hybridized carbons (Fsp3) is 0.690. The van der Waals surface area contributed by atoms with Crippen LogP contribution in [0.5, 0.6) is 0 Å². The van der Waals surface area contributed by atoms with E-state index >= 15 is 0 Å². The Kier molecular flexibility index (Phi) is 16.7. The zero-order valence-corrected chi connectivity index (χ0v) is 34.4. The first-order chi connectivity index (χ1) is 27.0. The third-order valence-corrected chi connectivity index (χ3v) is 11.4. The zero-order valence-electron chi connectivity index (χ0n) is 34.4. The normalized spacial score (nSPS) is 24.6. The number of carbonyl (C=O) groups excluding carboxylic acids is 7. The molecule has 0 unspecified atom stereocenters. The van der Waals surface area contributed by atoms with Gasteiger partial charge in [-0.05, 0) is 103 Å². The molecule has 6 N–H and O–H groups in total. The maximum Gasteiger partial charge on any atom is 0.407 e. The van der Waals surface area contributed by atoms with Crippen molar-refractivity contribution in [3.05, 3.63) is 35.9 Å². The first-order valence-corrected chi connectivity index (χ1v) is 20.7. The van der Waals surface area contributed by atoms with Crippen molar-refractivity contribution in [1.82, 2.24) is 31.9 Å². The second-order valence-corrected chi connectivity index (χ2v) is 17.0. The van der Waals surface area contributed by atoms with E-state index in [1.54, 1.807) is 41.5 Å². The number of benzene rings is 1. The monoisotopic (exact) mass is 796 g/mol. The van der Waals surface area contributed by atoms with Gasteiger partial charge >= 0.3 is 12.1 Å². The van der Waals surface area contributed by atoms with Crippen LogP contribution in [0.4, 0.5) is 4.79 Å². The van der Waals surface area contributed by atoms with Gasteiger partial charge in [-0.15, -0.1) is 0 Å². The van der Waals surface area contributed by atoms with E-state index in [0.717, 1.165) is 44.1 Å². The lowest BCUT2D eigenvalue weighted by atomic mass is 9.94. The highest BCUT2D eigenvalue weighted by Gasteiger charge is 2.38. The van der Waals surface area contributed by atoms with Crippen molar-refractivity contribution >= 4 is 41.6 Å². The lowest BCUT2D eigenvalue weighted by Crippen LogP contribution is -2.50. The Balaban J connectivity index is 1.15. The SMILES string of the molecule is C[C@@H](NC(=O)[C@@H]1CCC[C@H]1CNC(=O)OC(C)(C)C)C(=O)NC[C@@H]1CCC[C@H]1C(=O)N[C@H](C)C(=O)NC[C@@H]1CCC[C@H]1C(=O)N[C@H](C)C(=O)OCc1ccccc1. The number of nitrogens with one attached hydrogen (secondary N) is 6. The molecule has 0 heterocycles. The summed E-state index contributed by atoms with van der Waals surface area (Å²) in [7, 11) is 0. The van der Waals surface area contributed by atoms with Crippen LogP contribution in [0, 0.1) is 35.5 Å². The number of alkyl carbamates (subject to hydrolysis) is 1. The molecule has 1 aromatic rings. The number of hydrogen-bond acceptors (Lipinski definition) is 9. The van der Waals surface area contributed by atoms with Crippen LogP contribution in [0.3, 0.4) is 0 Å². The van der Waals surface area contributed by atoms with E-state index < -0.39 is 35.8 Å². The topological polar surface area (TPSA) is 210 Å². The second-order valence-electron chi connectivity index (χ2n) is 17.0. The average Bonchev–Trinajstić information content (AvgIpc) is 3.95. The minimum absolute atomic E-state index is 0.0558. The molecule has 3 aliphatic carbocycles. The first-order valence-electron chi connectivity index (χ1n) is 20.7. The molecule has 3 aliphatic rings. The van der Waals surface area contributed by atoms with Crippen LogP contribution in [-0.4, -0.2) is 85.0 Å². The van der Waals surface area contributed by atoms with Gasteiger partial charge in [-0.3, -0.25) is 24.0 Å². The predicted molar refractivity (Wildman–Crippen MR) is 212 cm³/mol. The van der Waals surface area contributed by atoms with Crippen LogP contribution in [0.15, 0.2) is 30.3 Å². The molecule has 0 radical (unpaired) electrons.